The first-order chi connectivity index (χ1) is 7.28. The van der Waals surface area contributed by atoms with Crippen molar-refractivity contribution in [3.63, 3.8) is 0 Å². The van der Waals surface area contributed by atoms with Crippen molar-refractivity contribution in [2.45, 2.75) is 65.3 Å². The fraction of sp³-hybridized carbons (Fsp3) is 1.00. The molecule has 96 valence electrons. The van der Waals surface area contributed by atoms with Gasteiger partial charge in [-0.05, 0) is 33.1 Å². The highest BCUT2D eigenvalue weighted by Gasteiger charge is 2.48. The van der Waals surface area contributed by atoms with Gasteiger partial charge in [0.05, 0.1) is 5.60 Å². The van der Waals surface area contributed by atoms with E-state index in [0.717, 1.165) is 6.54 Å². The van der Waals surface area contributed by atoms with Crippen molar-refractivity contribution < 1.29 is 13.5 Å². The fourth-order valence-corrected chi connectivity index (χ4v) is 2.99. The van der Waals surface area contributed by atoms with E-state index >= 15 is 0 Å². The van der Waals surface area contributed by atoms with Crippen LogP contribution in [-0.4, -0.2) is 35.7 Å². The number of nitrogens with zero attached hydrogens (tertiary/aromatic N) is 1. The second-order valence-corrected chi connectivity index (χ2v) is 5.46. The van der Waals surface area contributed by atoms with Gasteiger partial charge < -0.3 is 4.74 Å². The Hall–Kier alpha value is -0.220. The van der Waals surface area contributed by atoms with Crippen molar-refractivity contribution in [1.29, 1.82) is 0 Å². The number of likely N-dealkylation sites (tertiary alicyclic amines) is 1. The van der Waals surface area contributed by atoms with E-state index in [2.05, 4.69) is 32.6 Å². The maximum Gasteiger partial charge on any atom is 0.345 e. The van der Waals surface area contributed by atoms with E-state index in [1.807, 2.05) is 6.92 Å². The molecule has 4 heteroatoms. The zero-order chi connectivity index (χ0) is 12.5. The summed E-state index contributed by atoms with van der Waals surface area (Å²) in [5.41, 5.74) is -0.716. The SMILES string of the molecule is CC(C)C1N(C(C)C)CCC1(C)OC(F)F. The highest BCUT2D eigenvalue weighted by Crippen LogP contribution is 2.38. The van der Waals surface area contributed by atoms with E-state index in [-0.39, 0.29) is 6.04 Å². The van der Waals surface area contributed by atoms with Crippen molar-refractivity contribution in [2.75, 3.05) is 6.54 Å². The zero-order valence-electron chi connectivity index (χ0n) is 10.8. The largest absolute Gasteiger partial charge is 0.345 e. The summed E-state index contributed by atoms with van der Waals surface area (Å²) in [6.07, 6.45) is 0.679. The molecule has 1 saturated heterocycles. The van der Waals surface area contributed by atoms with Crippen molar-refractivity contribution in [2.24, 2.45) is 5.92 Å². The van der Waals surface area contributed by atoms with Crippen LogP contribution in [0, 0.1) is 5.92 Å². The predicted molar refractivity (Wildman–Crippen MR) is 60.6 cm³/mol. The molecule has 2 unspecified atom stereocenters. The van der Waals surface area contributed by atoms with Crippen LogP contribution in [0.4, 0.5) is 8.78 Å². The summed E-state index contributed by atoms with van der Waals surface area (Å²) in [6.45, 7) is 8.30. The van der Waals surface area contributed by atoms with Gasteiger partial charge in [-0.3, -0.25) is 4.90 Å². The molecular formula is C12H23F2NO. The Labute approximate surface area is 97.0 Å². The van der Waals surface area contributed by atoms with Crippen LogP contribution in [0.2, 0.25) is 0 Å². The average Bonchev–Trinajstić information content (AvgIpc) is 2.40. The highest BCUT2D eigenvalue weighted by atomic mass is 19.3. The number of halogens is 2. The Morgan fingerprint density at radius 3 is 2.19 bits per heavy atom. The second-order valence-electron chi connectivity index (χ2n) is 5.46. The molecule has 2 nitrogen and oxygen atoms in total. The molecule has 1 heterocycles. The van der Waals surface area contributed by atoms with Crippen molar-refractivity contribution in [3.05, 3.63) is 0 Å². The lowest BCUT2D eigenvalue weighted by atomic mass is 9.88. The first-order valence-corrected chi connectivity index (χ1v) is 5.99. The molecule has 1 aliphatic heterocycles. The van der Waals surface area contributed by atoms with Gasteiger partial charge in [0.1, 0.15) is 0 Å². The predicted octanol–water partition coefficient (Wildman–Crippen LogP) is 3.12. The molecule has 2 atom stereocenters. The summed E-state index contributed by atoms with van der Waals surface area (Å²) in [5.74, 6) is 0.314. The van der Waals surface area contributed by atoms with Crippen molar-refractivity contribution in [3.8, 4) is 0 Å². The van der Waals surface area contributed by atoms with Gasteiger partial charge in [0.25, 0.3) is 0 Å². The molecule has 1 fully saturated rings. The van der Waals surface area contributed by atoms with Crippen LogP contribution in [0.5, 0.6) is 0 Å². The van der Waals surface area contributed by atoms with Crippen molar-refractivity contribution >= 4 is 0 Å². The summed E-state index contributed by atoms with van der Waals surface area (Å²) in [4.78, 5) is 2.27. The Bertz CT molecular complexity index is 233. The van der Waals surface area contributed by atoms with Crippen LogP contribution < -0.4 is 0 Å². The lowest BCUT2D eigenvalue weighted by Crippen LogP contribution is -2.50. The molecular weight excluding hydrogens is 212 g/mol. The van der Waals surface area contributed by atoms with Crippen LogP contribution in [0.1, 0.15) is 41.0 Å². The highest BCUT2D eigenvalue weighted by molar-refractivity contribution is 5.00. The zero-order valence-corrected chi connectivity index (χ0v) is 10.8. The van der Waals surface area contributed by atoms with Gasteiger partial charge in [-0.1, -0.05) is 13.8 Å². The lowest BCUT2D eigenvalue weighted by molar-refractivity contribution is -0.214. The standard InChI is InChI=1S/C12H23F2NO/c1-8(2)10-12(5,16-11(13)14)6-7-15(10)9(3)4/h8-11H,6-7H2,1-5H3. The molecule has 0 amide bonds. The molecule has 0 aromatic rings. The molecule has 0 radical (unpaired) electrons. The summed E-state index contributed by atoms with van der Waals surface area (Å²) in [6, 6.07) is 0.442. The van der Waals surface area contributed by atoms with Crippen LogP contribution >= 0.6 is 0 Å². The first kappa shape index (κ1) is 13.8. The molecule has 0 aromatic heterocycles. The molecule has 1 aliphatic rings. The molecule has 0 aliphatic carbocycles. The molecule has 16 heavy (non-hydrogen) atoms. The maximum absolute atomic E-state index is 12.5. The van der Waals surface area contributed by atoms with Crippen LogP contribution in [0.25, 0.3) is 0 Å². The monoisotopic (exact) mass is 235 g/mol. The normalized spacial score (nSPS) is 32.2. The van der Waals surface area contributed by atoms with E-state index in [0.29, 0.717) is 18.4 Å². The average molecular weight is 235 g/mol. The minimum absolute atomic E-state index is 0.0708. The van der Waals surface area contributed by atoms with Gasteiger partial charge in [0.15, 0.2) is 0 Å². The summed E-state index contributed by atoms with van der Waals surface area (Å²) < 4.78 is 29.8. The maximum atomic E-state index is 12.5. The second kappa shape index (κ2) is 4.96. The lowest BCUT2D eigenvalue weighted by Gasteiger charge is -2.39. The number of alkyl halides is 2. The summed E-state index contributed by atoms with van der Waals surface area (Å²) in [7, 11) is 0. The molecule has 1 rings (SSSR count). The summed E-state index contributed by atoms with van der Waals surface area (Å²) in [5, 5.41) is 0. The molecule has 0 spiro atoms. The van der Waals surface area contributed by atoms with Gasteiger partial charge in [-0.2, -0.15) is 8.78 Å². The third-order valence-corrected chi connectivity index (χ3v) is 3.50. The minimum atomic E-state index is -2.68. The molecule has 0 aromatic carbocycles. The number of ether oxygens (including phenoxy) is 1. The smallest absolute Gasteiger partial charge is 0.315 e. The fourth-order valence-electron chi connectivity index (χ4n) is 2.99. The van der Waals surface area contributed by atoms with E-state index < -0.39 is 12.2 Å². The van der Waals surface area contributed by atoms with Crippen LogP contribution in [-0.2, 0) is 4.74 Å². The molecule has 0 N–H and O–H groups in total. The van der Waals surface area contributed by atoms with E-state index in [9.17, 15) is 8.78 Å². The summed E-state index contributed by atoms with van der Waals surface area (Å²) >= 11 is 0. The number of rotatable bonds is 4. The Morgan fingerprint density at radius 1 is 1.25 bits per heavy atom. The Morgan fingerprint density at radius 2 is 1.81 bits per heavy atom. The van der Waals surface area contributed by atoms with Crippen molar-refractivity contribution in [1.82, 2.24) is 4.90 Å². The van der Waals surface area contributed by atoms with E-state index in [4.69, 9.17) is 4.74 Å². The first-order valence-electron chi connectivity index (χ1n) is 5.99. The molecule has 0 bridgehead atoms. The number of hydrogen-bond acceptors (Lipinski definition) is 2. The van der Waals surface area contributed by atoms with Gasteiger partial charge in [-0.25, -0.2) is 0 Å². The van der Waals surface area contributed by atoms with Gasteiger partial charge in [-0.15, -0.1) is 0 Å². The van der Waals surface area contributed by atoms with Gasteiger partial charge in [0.2, 0.25) is 0 Å². The van der Waals surface area contributed by atoms with E-state index in [1.54, 1.807) is 0 Å². The Kier molecular flexibility index (Phi) is 4.29. The van der Waals surface area contributed by atoms with Crippen LogP contribution in [0.15, 0.2) is 0 Å². The number of hydrogen-bond donors (Lipinski definition) is 0. The van der Waals surface area contributed by atoms with Gasteiger partial charge in [0, 0.05) is 18.6 Å². The Balaban J connectivity index is 2.86. The third-order valence-electron chi connectivity index (χ3n) is 3.50. The molecule has 0 saturated carbocycles. The third kappa shape index (κ3) is 2.72. The topological polar surface area (TPSA) is 12.5 Å². The van der Waals surface area contributed by atoms with Gasteiger partial charge >= 0.3 is 6.61 Å². The quantitative estimate of drug-likeness (QED) is 0.742. The minimum Gasteiger partial charge on any atom is -0.315 e. The van der Waals surface area contributed by atoms with E-state index in [1.165, 1.54) is 0 Å². The van der Waals surface area contributed by atoms with Crippen LogP contribution in [0.3, 0.4) is 0 Å².